The van der Waals surface area contributed by atoms with Crippen LogP contribution in [-0.2, 0) is 16.1 Å². The molecule has 1 aromatic carbocycles. The predicted octanol–water partition coefficient (Wildman–Crippen LogP) is 2.06. The van der Waals surface area contributed by atoms with Gasteiger partial charge < -0.3 is 14.8 Å². The fourth-order valence-electron chi connectivity index (χ4n) is 2.43. The first kappa shape index (κ1) is 16.9. The fraction of sp³-hybridized carbons (Fsp3) is 0.278. The average molecular weight is 340 g/mol. The first-order valence-electron chi connectivity index (χ1n) is 7.96. The molecule has 3 rings (SSSR count). The van der Waals surface area contributed by atoms with Gasteiger partial charge in [-0.1, -0.05) is 0 Å². The number of carbonyl (C=O) groups is 1. The van der Waals surface area contributed by atoms with Gasteiger partial charge in [-0.25, -0.2) is 9.50 Å². The van der Waals surface area contributed by atoms with E-state index in [2.05, 4.69) is 15.4 Å². The Hall–Kier alpha value is -2.93. The molecule has 0 aliphatic carbocycles. The average Bonchev–Trinajstić information content (AvgIpc) is 3.04. The van der Waals surface area contributed by atoms with Crippen molar-refractivity contribution in [1.82, 2.24) is 19.9 Å². The summed E-state index contributed by atoms with van der Waals surface area (Å²) < 4.78 is 12.5. The van der Waals surface area contributed by atoms with Crippen molar-refractivity contribution in [1.29, 1.82) is 0 Å². The minimum atomic E-state index is -0.0795. The van der Waals surface area contributed by atoms with Crippen LogP contribution in [0.15, 0.2) is 42.7 Å². The Morgan fingerprint density at radius 1 is 1.28 bits per heavy atom. The Labute approximate surface area is 145 Å². The first-order valence-corrected chi connectivity index (χ1v) is 7.96. The molecule has 0 aliphatic heterocycles. The minimum absolute atomic E-state index is 0.0795. The summed E-state index contributed by atoms with van der Waals surface area (Å²) in [5.74, 6) is 0.629. The van der Waals surface area contributed by atoms with Crippen LogP contribution in [0.25, 0.3) is 16.9 Å². The fourth-order valence-corrected chi connectivity index (χ4v) is 2.43. The molecule has 0 fully saturated rings. The van der Waals surface area contributed by atoms with Crippen molar-refractivity contribution in [2.75, 3.05) is 20.3 Å². The molecule has 0 bridgehead atoms. The molecule has 1 N–H and O–H groups in total. The zero-order valence-corrected chi connectivity index (χ0v) is 14.2. The van der Waals surface area contributed by atoms with E-state index in [1.165, 1.54) is 6.92 Å². The molecule has 0 spiro atoms. The number of nitrogens with zero attached hydrogens (tertiary/aromatic N) is 3. The van der Waals surface area contributed by atoms with Gasteiger partial charge in [0.05, 0.1) is 18.5 Å². The molecular weight excluding hydrogens is 320 g/mol. The minimum Gasteiger partial charge on any atom is -0.491 e. The third kappa shape index (κ3) is 4.33. The van der Waals surface area contributed by atoms with Crippen molar-refractivity contribution in [3.8, 4) is 17.0 Å². The first-order chi connectivity index (χ1) is 12.2. The van der Waals surface area contributed by atoms with Gasteiger partial charge in [0.25, 0.3) is 0 Å². The summed E-state index contributed by atoms with van der Waals surface area (Å²) in [4.78, 5) is 15.8. The Morgan fingerprint density at radius 3 is 2.92 bits per heavy atom. The molecule has 2 aromatic heterocycles. The maximum atomic E-state index is 11.2. The molecule has 2 heterocycles. The Balaban J connectivity index is 1.93. The highest BCUT2D eigenvalue weighted by Gasteiger charge is 2.09. The Bertz CT molecular complexity index is 843. The number of aromatic nitrogens is 3. The summed E-state index contributed by atoms with van der Waals surface area (Å²) in [7, 11) is 1.63. The molecule has 0 unspecified atom stereocenters. The third-order valence-corrected chi connectivity index (χ3v) is 3.60. The maximum absolute atomic E-state index is 11.2. The molecule has 0 aliphatic rings. The van der Waals surface area contributed by atoms with Crippen LogP contribution in [0.5, 0.6) is 5.75 Å². The molecular formula is C18H20N4O3. The van der Waals surface area contributed by atoms with Gasteiger partial charge in [0.1, 0.15) is 12.4 Å². The number of methoxy groups -OCH3 is 1. The molecule has 130 valence electrons. The van der Waals surface area contributed by atoms with E-state index in [-0.39, 0.29) is 5.91 Å². The Kier molecular flexibility index (Phi) is 5.25. The van der Waals surface area contributed by atoms with E-state index in [0.717, 1.165) is 22.5 Å². The van der Waals surface area contributed by atoms with Crippen LogP contribution in [0.2, 0.25) is 0 Å². The lowest BCUT2D eigenvalue weighted by Crippen LogP contribution is -2.19. The molecule has 0 saturated heterocycles. The maximum Gasteiger partial charge on any atom is 0.217 e. The van der Waals surface area contributed by atoms with Gasteiger partial charge in [-0.3, -0.25) is 4.79 Å². The Morgan fingerprint density at radius 2 is 2.16 bits per heavy atom. The standard InChI is InChI=1S/C18H20N4O3/c1-13(23)19-11-14-8-15(10-16(9-14)25-7-6-24-2)17-12-22-18(21-17)4-3-5-20-22/h3-5,8-10,12H,6-7,11H2,1-2H3,(H,19,23). The van der Waals surface area contributed by atoms with Crippen molar-refractivity contribution < 1.29 is 14.3 Å². The lowest BCUT2D eigenvalue weighted by atomic mass is 10.1. The van der Waals surface area contributed by atoms with E-state index in [1.54, 1.807) is 17.8 Å². The number of amides is 1. The summed E-state index contributed by atoms with van der Waals surface area (Å²) >= 11 is 0. The molecule has 3 aromatic rings. The predicted molar refractivity (Wildman–Crippen MR) is 93.3 cm³/mol. The summed E-state index contributed by atoms with van der Waals surface area (Å²) in [5, 5.41) is 7.05. The summed E-state index contributed by atoms with van der Waals surface area (Å²) in [6.45, 7) is 2.87. The van der Waals surface area contributed by atoms with Crippen molar-refractivity contribution in [2.45, 2.75) is 13.5 Å². The highest BCUT2D eigenvalue weighted by Crippen LogP contribution is 2.26. The molecule has 0 radical (unpaired) electrons. The summed E-state index contributed by atoms with van der Waals surface area (Å²) in [5.41, 5.74) is 3.40. The smallest absolute Gasteiger partial charge is 0.217 e. The van der Waals surface area contributed by atoms with Crippen LogP contribution >= 0.6 is 0 Å². The number of rotatable bonds is 7. The van der Waals surface area contributed by atoms with Crippen LogP contribution in [-0.4, -0.2) is 40.8 Å². The van der Waals surface area contributed by atoms with Gasteiger partial charge in [0.2, 0.25) is 5.91 Å². The molecule has 25 heavy (non-hydrogen) atoms. The van der Waals surface area contributed by atoms with E-state index < -0.39 is 0 Å². The molecule has 7 nitrogen and oxygen atoms in total. The van der Waals surface area contributed by atoms with Crippen molar-refractivity contribution in [2.24, 2.45) is 0 Å². The second-order valence-electron chi connectivity index (χ2n) is 5.57. The van der Waals surface area contributed by atoms with Gasteiger partial charge in [0, 0.05) is 32.3 Å². The zero-order chi connectivity index (χ0) is 17.6. The number of carbonyl (C=O) groups excluding carboxylic acids is 1. The molecule has 1 amide bonds. The van der Waals surface area contributed by atoms with Crippen LogP contribution in [0, 0.1) is 0 Å². The van der Waals surface area contributed by atoms with Crippen LogP contribution in [0.1, 0.15) is 12.5 Å². The summed E-state index contributed by atoms with van der Waals surface area (Å²) in [6, 6.07) is 9.56. The van der Waals surface area contributed by atoms with Crippen molar-refractivity contribution in [3.05, 3.63) is 48.3 Å². The number of nitrogens with one attached hydrogen (secondary N) is 1. The second kappa shape index (κ2) is 7.76. The SMILES string of the molecule is COCCOc1cc(CNC(C)=O)cc(-c2cn3ncccc3n2)c1. The second-order valence-corrected chi connectivity index (χ2v) is 5.57. The number of hydrogen-bond acceptors (Lipinski definition) is 5. The third-order valence-electron chi connectivity index (χ3n) is 3.60. The highest BCUT2D eigenvalue weighted by molar-refractivity contribution is 5.73. The van der Waals surface area contributed by atoms with E-state index >= 15 is 0 Å². The van der Waals surface area contributed by atoms with Gasteiger partial charge in [-0.2, -0.15) is 5.10 Å². The highest BCUT2D eigenvalue weighted by atomic mass is 16.5. The monoisotopic (exact) mass is 340 g/mol. The van der Waals surface area contributed by atoms with Crippen molar-refractivity contribution in [3.63, 3.8) is 0 Å². The number of ether oxygens (including phenoxy) is 2. The van der Waals surface area contributed by atoms with E-state index in [4.69, 9.17) is 9.47 Å². The topological polar surface area (TPSA) is 77.8 Å². The largest absolute Gasteiger partial charge is 0.491 e. The summed E-state index contributed by atoms with van der Waals surface area (Å²) in [6.07, 6.45) is 3.58. The lowest BCUT2D eigenvalue weighted by Gasteiger charge is -2.10. The van der Waals surface area contributed by atoms with Crippen molar-refractivity contribution >= 4 is 11.6 Å². The number of fused-ring (bicyclic) bond motifs is 1. The van der Waals surface area contributed by atoms with E-state index in [0.29, 0.717) is 25.5 Å². The normalized spacial score (nSPS) is 10.8. The molecule has 0 saturated carbocycles. The van der Waals surface area contributed by atoms with Gasteiger partial charge in [0.15, 0.2) is 5.65 Å². The molecule has 7 heteroatoms. The lowest BCUT2D eigenvalue weighted by molar-refractivity contribution is -0.119. The van der Waals surface area contributed by atoms with Gasteiger partial charge in [-0.15, -0.1) is 0 Å². The van der Waals surface area contributed by atoms with Gasteiger partial charge in [-0.05, 0) is 35.9 Å². The number of imidazole rings is 1. The number of hydrogen-bond donors (Lipinski definition) is 1. The molecule has 0 atom stereocenters. The zero-order valence-electron chi connectivity index (χ0n) is 14.2. The van der Waals surface area contributed by atoms with Crippen LogP contribution in [0.4, 0.5) is 0 Å². The van der Waals surface area contributed by atoms with Crippen LogP contribution in [0.3, 0.4) is 0 Å². The van der Waals surface area contributed by atoms with E-state index in [1.807, 2.05) is 36.5 Å². The van der Waals surface area contributed by atoms with Gasteiger partial charge >= 0.3 is 0 Å². The van der Waals surface area contributed by atoms with Crippen LogP contribution < -0.4 is 10.1 Å². The number of benzene rings is 1. The van der Waals surface area contributed by atoms with E-state index in [9.17, 15) is 4.79 Å². The quantitative estimate of drug-likeness (QED) is 0.666.